The van der Waals surface area contributed by atoms with Gasteiger partial charge >= 0.3 is 7.60 Å². The summed E-state index contributed by atoms with van der Waals surface area (Å²) in [6.07, 6.45) is 0.000606. The van der Waals surface area contributed by atoms with Crippen LogP contribution in [0.25, 0.3) is 0 Å². The van der Waals surface area contributed by atoms with Crippen LogP contribution in [0.3, 0.4) is 0 Å². The number of hydrogen-bond donors (Lipinski definition) is 2. The molecule has 0 aliphatic heterocycles. The molecule has 1 amide bonds. The summed E-state index contributed by atoms with van der Waals surface area (Å²) in [6.45, 7) is 5.44. The van der Waals surface area contributed by atoms with Crippen molar-refractivity contribution in [2.75, 3.05) is 19.8 Å². The molecule has 2 N–H and O–H groups in total. The number of aliphatic hydroxyl groups excluding tert-OH is 1. The average Bonchev–Trinajstić information content (AvgIpc) is 2.53. The predicted octanol–water partition coefficient (Wildman–Crippen LogP) is 2.88. The minimum atomic E-state index is -3.31. The predicted molar refractivity (Wildman–Crippen MR) is 89.3 cm³/mol. The number of rotatable bonds is 10. The van der Waals surface area contributed by atoms with E-state index in [1.807, 2.05) is 30.3 Å². The highest BCUT2D eigenvalue weighted by atomic mass is 31.2. The number of benzene rings is 1. The Balaban J connectivity index is 2.68. The molecule has 2 atom stereocenters. The van der Waals surface area contributed by atoms with Crippen LogP contribution in [0.15, 0.2) is 30.3 Å². The van der Waals surface area contributed by atoms with E-state index in [-0.39, 0.29) is 32.1 Å². The van der Waals surface area contributed by atoms with Gasteiger partial charge in [-0.15, -0.1) is 0 Å². The van der Waals surface area contributed by atoms with Crippen LogP contribution in [-0.4, -0.2) is 36.5 Å². The van der Waals surface area contributed by atoms with Gasteiger partial charge in [-0.2, -0.15) is 0 Å². The molecular formula is C16H26NO5P. The third-order valence-corrected chi connectivity index (χ3v) is 5.86. The van der Waals surface area contributed by atoms with Crippen LogP contribution in [0.1, 0.15) is 38.8 Å². The number of carbonyl (C=O) groups excluding carboxylic acids is 1. The highest BCUT2D eigenvalue weighted by Crippen LogP contribution is 2.53. The van der Waals surface area contributed by atoms with Crippen molar-refractivity contribution >= 4 is 13.5 Å². The molecular weight excluding hydrogens is 317 g/mol. The average molecular weight is 343 g/mol. The van der Waals surface area contributed by atoms with Crippen LogP contribution in [0.2, 0.25) is 0 Å². The van der Waals surface area contributed by atoms with Crippen molar-refractivity contribution in [3.05, 3.63) is 35.9 Å². The SMILES string of the molecule is CCOP(=O)(OCC)[C@H](C)CC(=O)N[C@@H](CO)c1ccccc1. The fourth-order valence-corrected chi connectivity index (χ4v) is 3.90. The summed E-state index contributed by atoms with van der Waals surface area (Å²) < 4.78 is 23.1. The molecule has 6 nitrogen and oxygen atoms in total. The molecule has 0 fully saturated rings. The Kier molecular flexibility index (Phi) is 8.48. The molecule has 0 heterocycles. The Morgan fingerprint density at radius 3 is 2.26 bits per heavy atom. The van der Waals surface area contributed by atoms with Crippen LogP contribution in [-0.2, 0) is 18.4 Å². The zero-order chi connectivity index (χ0) is 17.3. The van der Waals surface area contributed by atoms with Gasteiger partial charge in [-0.05, 0) is 19.4 Å². The first kappa shape index (κ1) is 19.8. The molecule has 0 saturated heterocycles. The number of nitrogens with one attached hydrogen (secondary N) is 1. The van der Waals surface area contributed by atoms with E-state index in [2.05, 4.69) is 5.32 Å². The van der Waals surface area contributed by atoms with E-state index in [1.54, 1.807) is 20.8 Å². The molecule has 0 spiro atoms. The van der Waals surface area contributed by atoms with Crippen LogP contribution >= 0.6 is 7.60 Å². The van der Waals surface area contributed by atoms with Gasteiger partial charge in [0.1, 0.15) is 0 Å². The van der Waals surface area contributed by atoms with E-state index >= 15 is 0 Å². The summed E-state index contributed by atoms with van der Waals surface area (Å²) in [4.78, 5) is 12.2. The minimum Gasteiger partial charge on any atom is -0.394 e. The smallest absolute Gasteiger partial charge is 0.333 e. The Labute approximate surface area is 137 Å². The molecule has 0 aromatic heterocycles. The lowest BCUT2D eigenvalue weighted by molar-refractivity contribution is -0.122. The zero-order valence-corrected chi connectivity index (χ0v) is 14.8. The molecule has 0 saturated carbocycles. The first-order valence-electron chi connectivity index (χ1n) is 7.80. The Hall–Kier alpha value is -1.20. The lowest BCUT2D eigenvalue weighted by Gasteiger charge is -2.24. The van der Waals surface area contributed by atoms with Gasteiger partial charge in [0, 0.05) is 6.42 Å². The zero-order valence-electron chi connectivity index (χ0n) is 13.9. The summed E-state index contributed by atoms with van der Waals surface area (Å²) in [7, 11) is -3.31. The lowest BCUT2D eigenvalue weighted by Crippen LogP contribution is -2.32. The van der Waals surface area contributed by atoms with E-state index in [0.717, 1.165) is 5.56 Å². The van der Waals surface area contributed by atoms with Crippen molar-refractivity contribution in [1.82, 2.24) is 5.32 Å². The second kappa shape index (κ2) is 9.83. The van der Waals surface area contributed by atoms with Crippen molar-refractivity contribution in [1.29, 1.82) is 0 Å². The van der Waals surface area contributed by atoms with Gasteiger partial charge in [-0.1, -0.05) is 37.3 Å². The number of carbonyl (C=O) groups is 1. The van der Waals surface area contributed by atoms with E-state index in [0.29, 0.717) is 0 Å². The Morgan fingerprint density at radius 2 is 1.78 bits per heavy atom. The van der Waals surface area contributed by atoms with Gasteiger partial charge in [0.25, 0.3) is 0 Å². The van der Waals surface area contributed by atoms with Crippen molar-refractivity contribution < 1.29 is 23.5 Å². The fourth-order valence-electron chi connectivity index (χ4n) is 2.20. The second-order valence-electron chi connectivity index (χ2n) is 5.14. The Bertz CT molecular complexity index is 512. The number of hydrogen-bond acceptors (Lipinski definition) is 5. The largest absolute Gasteiger partial charge is 0.394 e. The van der Waals surface area contributed by atoms with E-state index in [9.17, 15) is 14.5 Å². The molecule has 1 aromatic rings. The van der Waals surface area contributed by atoms with Crippen molar-refractivity contribution in [2.24, 2.45) is 0 Å². The highest BCUT2D eigenvalue weighted by Gasteiger charge is 2.33. The third kappa shape index (κ3) is 6.07. The van der Waals surface area contributed by atoms with Crippen LogP contribution < -0.4 is 5.32 Å². The molecule has 7 heteroatoms. The summed E-state index contributed by atoms with van der Waals surface area (Å²) in [5.74, 6) is -0.306. The maximum Gasteiger partial charge on any atom is 0.333 e. The topological polar surface area (TPSA) is 84.9 Å². The van der Waals surface area contributed by atoms with Gasteiger partial charge in [-0.3, -0.25) is 9.36 Å². The second-order valence-corrected chi connectivity index (χ2v) is 7.62. The first-order chi connectivity index (χ1) is 11.0. The van der Waals surface area contributed by atoms with E-state index < -0.39 is 19.3 Å². The lowest BCUT2D eigenvalue weighted by atomic mass is 10.1. The first-order valence-corrected chi connectivity index (χ1v) is 9.42. The van der Waals surface area contributed by atoms with Gasteiger partial charge in [0.15, 0.2) is 0 Å². The molecule has 0 aliphatic carbocycles. The van der Waals surface area contributed by atoms with Gasteiger partial charge in [0.05, 0.1) is 31.5 Å². The summed E-state index contributed by atoms with van der Waals surface area (Å²) in [6, 6.07) is 8.71. The van der Waals surface area contributed by atoms with E-state index in [1.165, 1.54) is 0 Å². The summed E-state index contributed by atoms with van der Waals surface area (Å²) in [5, 5.41) is 12.2. The summed E-state index contributed by atoms with van der Waals surface area (Å²) >= 11 is 0. The monoisotopic (exact) mass is 343 g/mol. The normalized spacial score (nSPS) is 14.3. The Morgan fingerprint density at radius 1 is 1.22 bits per heavy atom. The maximum atomic E-state index is 12.6. The van der Waals surface area contributed by atoms with E-state index in [4.69, 9.17) is 9.05 Å². The third-order valence-electron chi connectivity index (χ3n) is 3.36. The van der Waals surface area contributed by atoms with Crippen LogP contribution in [0.4, 0.5) is 0 Å². The van der Waals surface area contributed by atoms with Crippen molar-refractivity contribution in [3.63, 3.8) is 0 Å². The standard InChI is InChI=1S/C16H26NO5P/c1-4-21-23(20,22-5-2)13(3)11-16(19)17-15(12-18)14-9-7-6-8-10-14/h6-10,13,15,18H,4-5,11-12H2,1-3H3,(H,17,19)/t13-,15+/m1/s1. The van der Waals surface area contributed by atoms with Gasteiger partial charge < -0.3 is 19.5 Å². The molecule has 0 bridgehead atoms. The number of aliphatic hydroxyl groups is 1. The maximum absolute atomic E-state index is 12.6. The highest BCUT2D eigenvalue weighted by molar-refractivity contribution is 7.54. The fraction of sp³-hybridized carbons (Fsp3) is 0.562. The number of amides is 1. The summed E-state index contributed by atoms with van der Waals surface area (Å²) in [5.41, 5.74) is 0.256. The van der Waals surface area contributed by atoms with Gasteiger partial charge in [0.2, 0.25) is 5.91 Å². The van der Waals surface area contributed by atoms with Crippen molar-refractivity contribution in [2.45, 2.75) is 38.9 Å². The van der Waals surface area contributed by atoms with Gasteiger partial charge in [-0.25, -0.2) is 0 Å². The molecule has 23 heavy (non-hydrogen) atoms. The molecule has 130 valence electrons. The van der Waals surface area contributed by atoms with Crippen LogP contribution in [0.5, 0.6) is 0 Å². The molecule has 1 aromatic carbocycles. The molecule has 0 unspecified atom stereocenters. The molecule has 0 aliphatic rings. The molecule has 0 radical (unpaired) electrons. The molecule has 1 rings (SSSR count). The minimum absolute atomic E-state index is 0.000606. The quantitative estimate of drug-likeness (QED) is 0.638. The van der Waals surface area contributed by atoms with Crippen LogP contribution in [0, 0.1) is 0 Å². The van der Waals surface area contributed by atoms with Crippen molar-refractivity contribution in [3.8, 4) is 0 Å².